The number of thioether (sulfide) groups is 1. The number of nitrogens with one attached hydrogen (secondary N) is 1. The number of thiazole rings is 1. The van der Waals surface area contributed by atoms with Crippen LogP contribution in [0.2, 0.25) is 5.02 Å². The number of anilines is 1. The number of ether oxygens (including phenoxy) is 1. The van der Waals surface area contributed by atoms with Crippen molar-refractivity contribution >= 4 is 56.0 Å². The Kier molecular flexibility index (Phi) is 6.21. The molecule has 0 radical (unpaired) electrons. The second kappa shape index (κ2) is 9.03. The first-order valence-corrected chi connectivity index (χ1v) is 11.3. The van der Waals surface area contributed by atoms with Gasteiger partial charge in [-0.1, -0.05) is 34.7 Å². The SMILES string of the molecule is CCOc1ccc2nc(NC(=O)CSc3nnc(-c4ccc(Cl)cc4)n3C)sc2c1. The van der Waals surface area contributed by atoms with Crippen LogP contribution in [-0.4, -0.2) is 38.0 Å². The van der Waals surface area contributed by atoms with Gasteiger partial charge in [0.1, 0.15) is 5.75 Å². The van der Waals surface area contributed by atoms with E-state index in [-0.39, 0.29) is 11.7 Å². The number of carbonyl (C=O) groups is 1. The fourth-order valence-electron chi connectivity index (χ4n) is 2.79. The monoisotopic (exact) mass is 459 g/mol. The number of fused-ring (bicyclic) bond motifs is 1. The van der Waals surface area contributed by atoms with Gasteiger partial charge < -0.3 is 14.6 Å². The Morgan fingerprint density at radius 1 is 1.23 bits per heavy atom. The molecule has 0 saturated carbocycles. The summed E-state index contributed by atoms with van der Waals surface area (Å²) >= 11 is 8.67. The third kappa shape index (κ3) is 4.58. The molecule has 0 aliphatic heterocycles. The lowest BCUT2D eigenvalue weighted by Crippen LogP contribution is -2.14. The second-order valence-electron chi connectivity index (χ2n) is 6.29. The van der Waals surface area contributed by atoms with Crippen LogP contribution in [0.4, 0.5) is 5.13 Å². The van der Waals surface area contributed by atoms with Gasteiger partial charge in [0, 0.05) is 17.6 Å². The lowest BCUT2D eigenvalue weighted by molar-refractivity contribution is -0.113. The van der Waals surface area contributed by atoms with E-state index in [0.717, 1.165) is 21.5 Å². The molecule has 0 aliphatic rings. The van der Waals surface area contributed by atoms with Gasteiger partial charge in [-0.2, -0.15) is 0 Å². The van der Waals surface area contributed by atoms with Crippen LogP contribution in [0.15, 0.2) is 47.6 Å². The number of hydrogen-bond acceptors (Lipinski definition) is 7. The predicted molar refractivity (Wildman–Crippen MR) is 122 cm³/mol. The molecule has 4 aromatic rings. The van der Waals surface area contributed by atoms with E-state index in [9.17, 15) is 4.79 Å². The van der Waals surface area contributed by atoms with Gasteiger partial charge in [-0.3, -0.25) is 4.79 Å². The number of halogens is 1. The molecule has 2 aromatic heterocycles. The van der Waals surface area contributed by atoms with Crippen molar-refractivity contribution in [2.45, 2.75) is 12.1 Å². The van der Waals surface area contributed by atoms with E-state index >= 15 is 0 Å². The van der Waals surface area contributed by atoms with Gasteiger partial charge in [0.25, 0.3) is 0 Å². The third-order valence-corrected chi connectivity index (χ3v) is 6.39. The molecular weight excluding hydrogens is 442 g/mol. The highest BCUT2D eigenvalue weighted by Crippen LogP contribution is 2.30. The lowest BCUT2D eigenvalue weighted by Gasteiger charge is -2.04. The normalized spacial score (nSPS) is 11.0. The smallest absolute Gasteiger partial charge is 0.236 e. The quantitative estimate of drug-likeness (QED) is 0.397. The van der Waals surface area contributed by atoms with Gasteiger partial charge in [0.2, 0.25) is 5.91 Å². The second-order valence-corrected chi connectivity index (χ2v) is 8.70. The summed E-state index contributed by atoms with van der Waals surface area (Å²) in [4.78, 5) is 16.9. The molecule has 0 unspecified atom stereocenters. The first kappa shape index (κ1) is 20.6. The van der Waals surface area contributed by atoms with E-state index in [1.54, 1.807) is 12.1 Å². The number of rotatable bonds is 7. The summed E-state index contributed by atoms with van der Waals surface area (Å²) in [6, 6.07) is 13.1. The van der Waals surface area contributed by atoms with Crippen molar-refractivity contribution < 1.29 is 9.53 Å². The van der Waals surface area contributed by atoms with Crippen LogP contribution in [0.5, 0.6) is 5.75 Å². The van der Waals surface area contributed by atoms with Crippen LogP contribution in [0, 0.1) is 0 Å². The average Bonchev–Trinajstić information content (AvgIpc) is 3.29. The summed E-state index contributed by atoms with van der Waals surface area (Å²) in [5.41, 5.74) is 1.74. The van der Waals surface area contributed by atoms with Crippen LogP contribution < -0.4 is 10.1 Å². The fraction of sp³-hybridized carbons (Fsp3) is 0.200. The highest BCUT2D eigenvalue weighted by atomic mass is 35.5. The number of benzene rings is 2. The van der Waals surface area contributed by atoms with E-state index in [2.05, 4.69) is 20.5 Å². The molecule has 7 nitrogen and oxygen atoms in total. The number of aromatic nitrogens is 4. The molecule has 0 bridgehead atoms. The van der Waals surface area contributed by atoms with E-state index in [4.69, 9.17) is 16.3 Å². The number of carbonyl (C=O) groups excluding carboxylic acids is 1. The molecular formula is C20H18ClN5O2S2. The molecule has 2 aromatic carbocycles. The number of hydrogen-bond donors (Lipinski definition) is 1. The highest BCUT2D eigenvalue weighted by Gasteiger charge is 2.14. The zero-order valence-electron chi connectivity index (χ0n) is 16.3. The van der Waals surface area contributed by atoms with Crippen molar-refractivity contribution in [1.29, 1.82) is 0 Å². The van der Waals surface area contributed by atoms with Crippen molar-refractivity contribution in [2.24, 2.45) is 7.05 Å². The maximum atomic E-state index is 12.4. The Bertz CT molecular complexity index is 1190. The minimum Gasteiger partial charge on any atom is -0.494 e. The van der Waals surface area contributed by atoms with E-state index in [0.29, 0.717) is 27.7 Å². The Morgan fingerprint density at radius 3 is 2.80 bits per heavy atom. The Hall–Kier alpha value is -2.62. The Balaban J connectivity index is 1.39. The molecule has 4 rings (SSSR count). The fourth-order valence-corrected chi connectivity index (χ4v) is 4.54. The minimum absolute atomic E-state index is 0.153. The van der Waals surface area contributed by atoms with Gasteiger partial charge in [-0.15, -0.1) is 10.2 Å². The van der Waals surface area contributed by atoms with Crippen molar-refractivity contribution in [3.05, 3.63) is 47.5 Å². The molecule has 10 heteroatoms. The lowest BCUT2D eigenvalue weighted by atomic mass is 10.2. The summed E-state index contributed by atoms with van der Waals surface area (Å²) < 4.78 is 8.33. The van der Waals surface area contributed by atoms with Crippen LogP contribution in [0.3, 0.4) is 0 Å². The van der Waals surface area contributed by atoms with Gasteiger partial charge >= 0.3 is 0 Å². The van der Waals surface area contributed by atoms with Crippen LogP contribution in [0.25, 0.3) is 21.6 Å². The Morgan fingerprint density at radius 2 is 2.03 bits per heavy atom. The molecule has 2 heterocycles. The zero-order chi connectivity index (χ0) is 21.1. The maximum absolute atomic E-state index is 12.4. The molecule has 0 saturated heterocycles. The molecule has 0 aliphatic carbocycles. The number of nitrogens with zero attached hydrogens (tertiary/aromatic N) is 4. The molecule has 1 N–H and O–H groups in total. The van der Waals surface area contributed by atoms with Crippen LogP contribution >= 0.6 is 34.7 Å². The van der Waals surface area contributed by atoms with Crippen LogP contribution in [-0.2, 0) is 11.8 Å². The van der Waals surface area contributed by atoms with Gasteiger partial charge in [0.05, 0.1) is 22.6 Å². The first-order chi connectivity index (χ1) is 14.5. The summed E-state index contributed by atoms with van der Waals surface area (Å²) in [7, 11) is 1.87. The average molecular weight is 460 g/mol. The minimum atomic E-state index is -0.153. The van der Waals surface area contributed by atoms with Crippen molar-refractivity contribution in [3.63, 3.8) is 0 Å². The molecule has 0 spiro atoms. The van der Waals surface area contributed by atoms with Gasteiger partial charge in [0.15, 0.2) is 16.1 Å². The van der Waals surface area contributed by atoms with Gasteiger partial charge in [-0.25, -0.2) is 4.98 Å². The highest BCUT2D eigenvalue weighted by molar-refractivity contribution is 7.99. The van der Waals surface area contributed by atoms with E-state index in [1.807, 2.05) is 48.9 Å². The predicted octanol–water partition coefficient (Wildman–Crippen LogP) is 4.87. The summed E-state index contributed by atoms with van der Waals surface area (Å²) in [5.74, 6) is 1.55. The maximum Gasteiger partial charge on any atom is 0.236 e. The van der Waals surface area contributed by atoms with Crippen molar-refractivity contribution in [3.8, 4) is 17.1 Å². The molecule has 1 amide bonds. The first-order valence-electron chi connectivity index (χ1n) is 9.15. The van der Waals surface area contributed by atoms with E-state index in [1.165, 1.54) is 23.1 Å². The van der Waals surface area contributed by atoms with Crippen LogP contribution in [0.1, 0.15) is 6.92 Å². The van der Waals surface area contributed by atoms with Gasteiger partial charge in [-0.05, 0) is 49.4 Å². The third-order valence-electron chi connectivity index (χ3n) is 4.19. The summed E-state index contributed by atoms with van der Waals surface area (Å²) in [5, 5.41) is 13.1. The summed E-state index contributed by atoms with van der Waals surface area (Å²) in [6.45, 7) is 2.54. The molecule has 30 heavy (non-hydrogen) atoms. The largest absolute Gasteiger partial charge is 0.494 e. The molecule has 0 atom stereocenters. The topological polar surface area (TPSA) is 81.9 Å². The van der Waals surface area contributed by atoms with E-state index < -0.39 is 0 Å². The zero-order valence-corrected chi connectivity index (χ0v) is 18.6. The van der Waals surface area contributed by atoms with Crippen molar-refractivity contribution in [2.75, 3.05) is 17.7 Å². The molecule has 154 valence electrons. The summed E-state index contributed by atoms with van der Waals surface area (Å²) in [6.07, 6.45) is 0. The van der Waals surface area contributed by atoms with Crippen molar-refractivity contribution in [1.82, 2.24) is 19.7 Å². The number of amides is 1. The molecule has 0 fully saturated rings. The Labute approximate surface area is 186 Å². The standard InChI is InChI=1S/C20H18ClN5O2S2/c1-3-28-14-8-9-15-16(10-14)30-19(22-15)23-17(27)11-29-20-25-24-18(26(20)2)12-4-6-13(21)7-5-12/h4-10H,3,11H2,1-2H3,(H,22,23,27).